The lowest BCUT2D eigenvalue weighted by Gasteiger charge is -1.98. The minimum atomic E-state index is -0.557. The molecule has 2 N–H and O–H groups in total. The third-order valence-electron chi connectivity index (χ3n) is 2.01. The highest BCUT2D eigenvalue weighted by molar-refractivity contribution is 9.10. The first-order valence-electron chi connectivity index (χ1n) is 4.86. The van der Waals surface area contributed by atoms with Gasteiger partial charge in [0.25, 0.3) is 0 Å². The van der Waals surface area contributed by atoms with Crippen molar-refractivity contribution in [2.24, 2.45) is 5.10 Å². The molecular formula is C10H14BrN3O2. The van der Waals surface area contributed by atoms with Gasteiger partial charge in [-0.05, 0) is 42.3 Å². The molecule has 0 unspecified atom stereocenters. The summed E-state index contributed by atoms with van der Waals surface area (Å²) in [4.78, 5) is 14.1. The van der Waals surface area contributed by atoms with Crippen LogP contribution < -0.4 is 5.43 Å². The van der Waals surface area contributed by atoms with Crippen LogP contribution in [0.25, 0.3) is 0 Å². The van der Waals surface area contributed by atoms with E-state index in [1.54, 1.807) is 13.1 Å². The summed E-state index contributed by atoms with van der Waals surface area (Å²) in [6.07, 6.45) is 0.989. The Hall–Kier alpha value is -1.30. The summed E-state index contributed by atoms with van der Waals surface area (Å²) >= 11 is 3.44. The van der Waals surface area contributed by atoms with E-state index in [-0.39, 0.29) is 0 Å². The topological polar surface area (TPSA) is 66.5 Å². The van der Waals surface area contributed by atoms with E-state index in [0.29, 0.717) is 6.61 Å². The molecule has 0 aliphatic carbocycles. The number of aromatic nitrogens is 1. The number of carbonyl (C=O) groups excluding carboxylic acids is 1. The van der Waals surface area contributed by atoms with Gasteiger partial charge >= 0.3 is 6.09 Å². The number of aromatic amines is 1. The molecule has 1 amide bonds. The average molecular weight is 288 g/mol. The zero-order chi connectivity index (χ0) is 12.1. The first kappa shape index (κ1) is 12.8. The molecule has 1 aromatic rings. The summed E-state index contributed by atoms with van der Waals surface area (Å²) < 4.78 is 5.67. The smallest absolute Gasteiger partial charge is 0.427 e. The van der Waals surface area contributed by atoms with Crippen molar-refractivity contribution in [3.63, 3.8) is 0 Å². The number of rotatable bonds is 3. The number of nitrogens with zero attached hydrogens (tertiary/aromatic N) is 1. The zero-order valence-electron chi connectivity index (χ0n) is 9.43. The maximum Gasteiger partial charge on any atom is 0.427 e. The van der Waals surface area contributed by atoms with Crippen LogP contribution in [0.15, 0.2) is 9.57 Å². The molecule has 0 fully saturated rings. The van der Waals surface area contributed by atoms with E-state index in [1.807, 2.05) is 13.8 Å². The quantitative estimate of drug-likeness (QED) is 0.662. The Morgan fingerprint density at radius 2 is 2.31 bits per heavy atom. The van der Waals surface area contributed by atoms with Gasteiger partial charge in [0.2, 0.25) is 0 Å². The lowest BCUT2D eigenvalue weighted by Crippen LogP contribution is -2.18. The van der Waals surface area contributed by atoms with Gasteiger partial charge in [-0.25, -0.2) is 10.2 Å². The number of halogens is 1. The van der Waals surface area contributed by atoms with Gasteiger partial charge in [-0.2, -0.15) is 5.10 Å². The van der Waals surface area contributed by atoms with E-state index in [9.17, 15) is 4.79 Å². The van der Waals surface area contributed by atoms with Crippen LogP contribution >= 0.6 is 15.9 Å². The number of hydrazone groups is 1. The largest absolute Gasteiger partial charge is 0.449 e. The van der Waals surface area contributed by atoms with Crippen molar-refractivity contribution < 1.29 is 9.53 Å². The van der Waals surface area contributed by atoms with E-state index in [1.165, 1.54) is 0 Å². The van der Waals surface area contributed by atoms with Crippen molar-refractivity contribution in [1.29, 1.82) is 0 Å². The molecule has 0 radical (unpaired) electrons. The zero-order valence-corrected chi connectivity index (χ0v) is 11.0. The van der Waals surface area contributed by atoms with Gasteiger partial charge in [-0.3, -0.25) is 0 Å². The van der Waals surface area contributed by atoms with Crippen LogP contribution in [0.1, 0.15) is 23.9 Å². The monoisotopic (exact) mass is 287 g/mol. The van der Waals surface area contributed by atoms with E-state index < -0.39 is 6.09 Å². The fourth-order valence-corrected chi connectivity index (χ4v) is 1.50. The van der Waals surface area contributed by atoms with Crippen LogP contribution in [-0.2, 0) is 4.74 Å². The molecule has 0 bridgehead atoms. The molecule has 0 spiro atoms. The highest BCUT2D eigenvalue weighted by atomic mass is 79.9. The first-order valence-corrected chi connectivity index (χ1v) is 5.66. The van der Waals surface area contributed by atoms with Gasteiger partial charge in [0, 0.05) is 10.2 Å². The highest BCUT2D eigenvalue weighted by Crippen LogP contribution is 2.22. The molecule has 0 aliphatic heterocycles. The Labute approximate surface area is 102 Å². The van der Waals surface area contributed by atoms with Crippen molar-refractivity contribution in [3.05, 3.63) is 21.4 Å². The molecule has 88 valence electrons. The number of hydrogen-bond donors (Lipinski definition) is 2. The van der Waals surface area contributed by atoms with E-state index in [2.05, 4.69) is 36.2 Å². The summed E-state index contributed by atoms with van der Waals surface area (Å²) in [5, 5.41) is 3.77. The number of H-pyrrole nitrogens is 1. The van der Waals surface area contributed by atoms with E-state index in [4.69, 9.17) is 0 Å². The second-order valence-electron chi connectivity index (χ2n) is 3.19. The number of ether oxygens (including phenoxy) is 1. The molecule has 0 saturated heterocycles. The van der Waals surface area contributed by atoms with Crippen LogP contribution in [-0.4, -0.2) is 23.9 Å². The van der Waals surface area contributed by atoms with Crippen LogP contribution in [0.2, 0.25) is 0 Å². The van der Waals surface area contributed by atoms with Gasteiger partial charge in [0.1, 0.15) is 0 Å². The van der Waals surface area contributed by atoms with Crippen molar-refractivity contribution in [3.8, 4) is 0 Å². The Morgan fingerprint density at radius 1 is 1.62 bits per heavy atom. The van der Waals surface area contributed by atoms with Crippen molar-refractivity contribution in [2.45, 2.75) is 20.8 Å². The molecule has 0 saturated carbocycles. The Balaban J connectivity index is 2.63. The summed E-state index contributed by atoms with van der Waals surface area (Å²) in [5.41, 5.74) is 5.18. The molecule has 0 atom stereocenters. The van der Waals surface area contributed by atoms with E-state index in [0.717, 1.165) is 21.4 Å². The van der Waals surface area contributed by atoms with Gasteiger partial charge in [-0.15, -0.1) is 0 Å². The van der Waals surface area contributed by atoms with Crippen molar-refractivity contribution in [1.82, 2.24) is 10.4 Å². The first-order chi connectivity index (χ1) is 7.56. The molecule has 0 aliphatic rings. The molecular weight excluding hydrogens is 274 g/mol. The molecule has 6 heteroatoms. The third-order valence-corrected chi connectivity index (χ3v) is 3.20. The van der Waals surface area contributed by atoms with Crippen LogP contribution in [0.5, 0.6) is 0 Å². The number of hydrogen-bond acceptors (Lipinski definition) is 3. The minimum absolute atomic E-state index is 0.327. The normalized spacial score (nSPS) is 10.8. The lowest BCUT2D eigenvalue weighted by molar-refractivity contribution is 0.152. The number of carbonyl (C=O) groups is 1. The second kappa shape index (κ2) is 5.69. The van der Waals surface area contributed by atoms with Crippen LogP contribution in [0.3, 0.4) is 0 Å². The lowest BCUT2D eigenvalue weighted by atomic mass is 10.3. The highest BCUT2D eigenvalue weighted by Gasteiger charge is 2.06. The van der Waals surface area contributed by atoms with Crippen molar-refractivity contribution in [2.75, 3.05) is 6.61 Å². The fraction of sp³-hybridized carbons (Fsp3) is 0.400. The van der Waals surface area contributed by atoms with Gasteiger partial charge in [0.05, 0.1) is 18.5 Å². The standard InChI is InChI=1S/C10H14BrN3O2/c1-4-16-10(15)14-12-5-8-6(2)9(11)7(3)13-8/h5,13H,4H2,1-3H3,(H,14,15)/b12-5+. The summed E-state index contributed by atoms with van der Waals surface area (Å²) in [5.74, 6) is 0. The van der Waals surface area contributed by atoms with E-state index >= 15 is 0 Å². The molecule has 1 rings (SSSR count). The van der Waals surface area contributed by atoms with Gasteiger partial charge in [0.15, 0.2) is 0 Å². The molecule has 1 aromatic heterocycles. The Morgan fingerprint density at radius 3 is 2.81 bits per heavy atom. The predicted octanol–water partition coefficient (Wildman–Crippen LogP) is 2.47. The second-order valence-corrected chi connectivity index (χ2v) is 3.99. The average Bonchev–Trinajstić information content (AvgIpc) is 2.47. The fourth-order valence-electron chi connectivity index (χ4n) is 1.19. The predicted molar refractivity (Wildman–Crippen MR) is 65.7 cm³/mol. The third kappa shape index (κ3) is 3.10. The molecule has 1 heterocycles. The summed E-state index contributed by atoms with van der Waals surface area (Å²) in [6.45, 7) is 5.97. The number of nitrogens with one attached hydrogen (secondary N) is 2. The maximum absolute atomic E-state index is 10.9. The molecule has 16 heavy (non-hydrogen) atoms. The summed E-state index contributed by atoms with van der Waals surface area (Å²) in [6, 6.07) is 0. The minimum Gasteiger partial charge on any atom is -0.449 e. The number of amides is 1. The number of aryl methyl sites for hydroxylation is 1. The maximum atomic E-state index is 10.9. The van der Waals surface area contributed by atoms with Crippen LogP contribution in [0, 0.1) is 13.8 Å². The van der Waals surface area contributed by atoms with Crippen molar-refractivity contribution >= 4 is 28.2 Å². The summed E-state index contributed by atoms with van der Waals surface area (Å²) in [7, 11) is 0. The van der Waals surface area contributed by atoms with Gasteiger partial charge in [-0.1, -0.05) is 0 Å². The molecule has 0 aromatic carbocycles. The molecule has 5 nitrogen and oxygen atoms in total. The van der Waals surface area contributed by atoms with Gasteiger partial charge < -0.3 is 9.72 Å². The van der Waals surface area contributed by atoms with Crippen LogP contribution in [0.4, 0.5) is 4.79 Å². The SMILES string of the molecule is CCOC(=O)N/N=C/c1[nH]c(C)c(Br)c1C. The Bertz CT molecular complexity index is 412. The Kier molecular flexibility index (Phi) is 4.54.